The van der Waals surface area contributed by atoms with Crippen molar-refractivity contribution in [2.75, 3.05) is 6.61 Å². The molecule has 28 heavy (non-hydrogen) atoms. The monoisotopic (exact) mass is 376 g/mol. The second-order valence-electron chi connectivity index (χ2n) is 7.03. The fourth-order valence-electron chi connectivity index (χ4n) is 3.52. The van der Waals surface area contributed by atoms with E-state index in [9.17, 15) is 9.18 Å². The number of ether oxygens (including phenoxy) is 2. The summed E-state index contributed by atoms with van der Waals surface area (Å²) in [7, 11) is 0. The largest absolute Gasteiger partial charge is 0.486 e. The van der Waals surface area contributed by atoms with Gasteiger partial charge >= 0.3 is 0 Å². The van der Waals surface area contributed by atoms with E-state index in [-0.39, 0.29) is 24.3 Å². The van der Waals surface area contributed by atoms with Gasteiger partial charge in [-0.2, -0.15) is 0 Å². The molecule has 0 amide bonds. The van der Waals surface area contributed by atoms with Crippen molar-refractivity contribution in [3.05, 3.63) is 83.7 Å². The van der Waals surface area contributed by atoms with Gasteiger partial charge in [-0.15, -0.1) is 0 Å². The fraction of sp³-hybridized carbons (Fsp3) is 0.208. The second-order valence-corrected chi connectivity index (χ2v) is 7.03. The fourth-order valence-corrected chi connectivity index (χ4v) is 3.52. The van der Waals surface area contributed by atoms with Gasteiger partial charge in [0.25, 0.3) is 0 Å². The van der Waals surface area contributed by atoms with Crippen molar-refractivity contribution in [3.63, 3.8) is 0 Å². The Morgan fingerprint density at radius 3 is 2.61 bits per heavy atom. The third-order valence-electron chi connectivity index (χ3n) is 4.85. The average molecular weight is 376 g/mol. The Kier molecular flexibility index (Phi) is 5.11. The van der Waals surface area contributed by atoms with Crippen LogP contribution in [0.4, 0.5) is 4.39 Å². The lowest BCUT2D eigenvalue weighted by Crippen LogP contribution is -2.07. The lowest BCUT2D eigenvalue weighted by atomic mass is 10.00. The summed E-state index contributed by atoms with van der Waals surface area (Å²) >= 11 is 0. The van der Waals surface area contributed by atoms with Crippen LogP contribution >= 0.6 is 0 Å². The van der Waals surface area contributed by atoms with Crippen LogP contribution in [0.15, 0.2) is 66.7 Å². The van der Waals surface area contributed by atoms with Crippen LogP contribution in [-0.4, -0.2) is 12.4 Å². The lowest BCUT2D eigenvalue weighted by molar-refractivity contribution is -0.118. The molecule has 0 saturated heterocycles. The number of Topliss-reactive ketones (excluding diaryl/α,β-unsaturated/α-hetero) is 1. The van der Waals surface area contributed by atoms with Gasteiger partial charge in [0.05, 0.1) is 0 Å². The summed E-state index contributed by atoms with van der Waals surface area (Å²) in [5, 5.41) is 0. The van der Waals surface area contributed by atoms with Crippen LogP contribution in [0, 0.1) is 5.82 Å². The van der Waals surface area contributed by atoms with Crippen molar-refractivity contribution in [1.82, 2.24) is 0 Å². The zero-order valence-corrected chi connectivity index (χ0v) is 15.7. The Labute approximate surface area is 163 Å². The van der Waals surface area contributed by atoms with Gasteiger partial charge in [0.15, 0.2) is 5.78 Å². The molecule has 1 aliphatic rings. The maximum Gasteiger partial charge on any atom is 0.167 e. The molecule has 3 aromatic rings. The van der Waals surface area contributed by atoms with E-state index < -0.39 is 0 Å². The number of ketones is 1. The van der Waals surface area contributed by atoms with E-state index in [1.54, 1.807) is 24.3 Å². The number of rotatable bonds is 6. The van der Waals surface area contributed by atoms with Crippen molar-refractivity contribution in [2.45, 2.75) is 25.9 Å². The van der Waals surface area contributed by atoms with E-state index >= 15 is 0 Å². The SMILES string of the molecule is CC(=O)COc1cccc(OC2CCc3ccc(-c4cccc(F)c4)cc32)c1. The average Bonchev–Trinajstić information content (AvgIpc) is 3.09. The lowest BCUT2D eigenvalue weighted by Gasteiger charge is -2.16. The molecule has 0 N–H and O–H groups in total. The van der Waals surface area contributed by atoms with Crippen LogP contribution in [0.5, 0.6) is 11.5 Å². The third kappa shape index (κ3) is 4.06. The Hall–Kier alpha value is -3.14. The van der Waals surface area contributed by atoms with Crippen LogP contribution in [0.3, 0.4) is 0 Å². The number of aryl methyl sites for hydroxylation is 1. The molecule has 1 atom stereocenters. The first kappa shape index (κ1) is 18.2. The summed E-state index contributed by atoms with van der Waals surface area (Å²) in [5.74, 6) is 1.04. The number of benzene rings is 3. The predicted molar refractivity (Wildman–Crippen MR) is 106 cm³/mol. The van der Waals surface area contributed by atoms with Gasteiger partial charge in [-0.1, -0.05) is 30.3 Å². The highest BCUT2D eigenvalue weighted by Crippen LogP contribution is 2.38. The molecular weight excluding hydrogens is 355 g/mol. The minimum atomic E-state index is -0.242. The van der Waals surface area contributed by atoms with E-state index in [0.29, 0.717) is 11.5 Å². The van der Waals surface area contributed by atoms with Crippen molar-refractivity contribution in [3.8, 4) is 22.6 Å². The summed E-state index contributed by atoms with van der Waals surface area (Å²) in [6, 6.07) is 20.2. The highest BCUT2D eigenvalue weighted by molar-refractivity contribution is 5.77. The topological polar surface area (TPSA) is 35.5 Å². The molecule has 0 spiro atoms. The van der Waals surface area contributed by atoms with E-state index in [2.05, 4.69) is 12.1 Å². The van der Waals surface area contributed by atoms with Crippen LogP contribution in [0.25, 0.3) is 11.1 Å². The first-order chi connectivity index (χ1) is 13.6. The van der Waals surface area contributed by atoms with E-state index in [1.165, 1.54) is 18.6 Å². The normalized spacial score (nSPS) is 15.1. The molecule has 1 aliphatic carbocycles. The van der Waals surface area contributed by atoms with Crippen molar-refractivity contribution in [2.24, 2.45) is 0 Å². The molecule has 0 heterocycles. The number of fused-ring (bicyclic) bond motifs is 1. The van der Waals surface area contributed by atoms with Crippen LogP contribution in [0.2, 0.25) is 0 Å². The molecule has 0 aromatic heterocycles. The number of carbonyl (C=O) groups excluding carboxylic acids is 1. The molecule has 0 bridgehead atoms. The van der Waals surface area contributed by atoms with Crippen LogP contribution in [0.1, 0.15) is 30.6 Å². The van der Waals surface area contributed by atoms with Gasteiger partial charge < -0.3 is 9.47 Å². The Balaban J connectivity index is 1.55. The Morgan fingerprint density at radius 1 is 1.00 bits per heavy atom. The van der Waals surface area contributed by atoms with Gasteiger partial charge in [-0.3, -0.25) is 4.79 Å². The highest BCUT2D eigenvalue weighted by atomic mass is 19.1. The number of hydrogen-bond donors (Lipinski definition) is 0. The smallest absolute Gasteiger partial charge is 0.167 e. The second kappa shape index (κ2) is 7.85. The quantitative estimate of drug-likeness (QED) is 0.568. The minimum absolute atomic E-state index is 0.0269. The van der Waals surface area contributed by atoms with Gasteiger partial charge in [0.1, 0.15) is 30.0 Å². The first-order valence-electron chi connectivity index (χ1n) is 9.36. The molecule has 1 unspecified atom stereocenters. The molecule has 0 aliphatic heterocycles. The van der Waals surface area contributed by atoms with Crippen molar-refractivity contribution in [1.29, 1.82) is 0 Å². The molecule has 3 aromatic carbocycles. The molecule has 4 rings (SSSR count). The summed E-state index contributed by atoms with van der Waals surface area (Å²) in [4.78, 5) is 11.1. The molecule has 0 saturated carbocycles. The maximum atomic E-state index is 13.6. The summed E-state index contributed by atoms with van der Waals surface area (Å²) in [5.41, 5.74) is 4.23. The summed E-state index contributed by atoms with van der Waals surface area (Å²) in [6.45, 7) is 1.54. The molecule has 0 fully saturated rings. The number of hydrogen-bond acceptors (Lipinski definition) is 3. The van der Waals surface area contributed by atoms with E-state index in [1.807, 2.05) is 24.3 Å². The molecular formula is C24H21FO3. The third-order valence-corrected chi connectivity index (χ3v) is 4.85. The highest BCUT2D eigenvalue weighted by Gasteiger charge is 2.24. The predicted octanol–water partition coefficient (Wildman–Crippen LogP) is 5.53. The Morgan fingerprint density at radius 2 is 1.79 bits per heavy atom. The van der Waals surface area contributed by atoms with Gasteiger partial charge in [0, 0.05) is 6.07 Å². The van der Waals surface area contributed by atoms with Gasteiger partial charge in [-0.05, 0) is 72.4 Å². The molecule has 4 heteroatoms. The van der Waals surface area contributed by atoms with Crippen LogP contribution < -0.4 is 9.47 Å². The zero-order valence-electron chi connectivity index (χ0n) is 15.7. The molecule has 142 valence electrons. The van der Waals surface area contributed by atoms with Crippen molar-refractivity contribution < 1.29 is 18.7 Å². The van der Waals surface area contributed by atoms with Gasteiger partial charge in [-0.25, -0.2) is 4.39 Å². The van der Waals surface area contributed by atoms with Gasteiger partial charge in [0.2, 0.25) is 0 Å². The maximum absolute atomic E-state index is 13.6. The van der Waals surface area contributed by atoms with Crippen molar-refractivity contribution >= 4 is 5.78 Å². The zero-order chi connectivity index (χ0) is 19.5. The first-order valence-corrected chi connectivity index (χ1v) is 9.36. The van der Waals surface area contributed by atoms with E-state index in [4.69, 9.17) is 9.47 Å². The number of halogens is 1. The summed E-state index contributed by atoms with van der Waals surface area (Å²) in [6.07, 6.45) is 1.77. The number of carbonyl (C=O) groups is 1. The van der Waals surface area contributed by atoms with Crippen LogP contribution in [-0.2, 0) is 11.2 Å². The standard InChI is InChI=1S/C24H21FO3/c1-16(26)15-27-21-6-3-7-22(14-21)28-24-11-10-17-8-9-19(13-23(17)24)18-4-2-5-20(25)12-18/h2-9,12-14,24H,10-11,15H2,1H3. The minimum Gasteiger partial charge on any atom is -0.486 e. The molecule has 0 radical (unpaired) electrons. The van der Waals surface area contributed by atoms with E-state index in [0.717, 1.165) is 29.5 Å². The molecule has 3 nitrogen and oxygen atoms in total. The summed E-state index contributed by atoms with van der Waals surface area (Å²) < 4.78 is 25.3. The Bertz CT molecular complexity index is 1010.